The second-order valence-corrected chi connectivity index (χ2v) is 9.63. The molecule has 1 heterocycles. The predicted octanol–water partition coefficient (Wildman–Crippen LogP) is 1.26. The number of rotatable bonds is 6. The molecule has 3 rings (SSSR count). The van der Waals surface area contributed by atoms with Crippen LogP contribution in [0.25, 0.3) is 0 Å². The van der Waals surface area contributed by atoms with Crippen LogP contribution in [-0.2, 0) is 26.5 Å². The van der Waals surface area contributed by atoms with E-state index in [9.17, 15) is 26.9 Å². The number of ether oxygens (including phenoxy) is 1. The van der Waals surface area contributed by atoms with Crippen molar-refractivity contribution >= 4 is 31.4 Å². The second kappa shape index (κ2) is 7.04. The van der Waals surface area contributed by atoms with Gasteiger partial charge in [0.1, 0.15) is 10.6 Å². The highest BCUT2D eigenvalue weighted by molar-refractivity contribution is 7.93. The third kappa shape index (κ3) is 3.30. The highest BCUT2D eigenvalue weighted by atomic mass is 32.2. The van der Waals surface area contributed by atoms with E-state index in [2.05, 4.69) is 4.72 Å². The number of hydrogen-bond acceptors (Lipinski definition) is 7. The van der Waals surface area contributed by atoms with E-state index in [0.717, 1.165) is 16.4 Å². The first-order chi connectivity index (χ1) is 13.1. The normalized spacial score (nSPS) is 14.0. The number of nitrogens with one attached hydrogen (secondary N) is 1. The fourth-order valence-electron chi connectivity index (χ4n) is 2.98. The lowest BCUT2D eigenvalue weighted by Crippen LogP contribution is -2.29. The first-order valence-corrected chi connectivity index (χ1v) is 11.0. The van der Waals surface area contributed by atoms with Crippen molar-refractivity contribution in [2.24, 2.45) is 0 Å². The van der Waals surface area contributed by atoms with Gasteiger partial charge in [-0.3, -0.25) is 14.4 Å². The van der Waals surface area contributed by atoms with Gasteiger partial charge in [0.25, 0.3) is 15.7 Å². The van der Waals surface area contributed by atoms with Crippen molar-refractivity contribution in [3.8, 4) is 5.75 Å². The molecule has 150 valence electrons. The van der Waals surface area contributed by atoms with Crippen molar-refractivity contribution in [3.05, 3.63) is 52.1 Å². The van der Waals surface area contributed by atoms with E-state index < -0.39 is 25.0 Å². The van der Waals surface area contributed by atoms with Crippen molar-refractivity contribution in [3.63, 3.8) is 0 Å². The van der Waals surface area contributed by atoms with Gasteiger partial charge in [0.2, 0.25) is 10.0 Å². The minimum atomic E-state index is -4.17. The second-order valence-electron chi connectivity index (χ2n) is 5.92. The molecule has 0 saturated heterocycles. The molecule has 0 amide bonds. The van der Waals surface area contributed by atoms with Crippen LogP contribution in [0.4, 0.5) is 11.4 Å². The molecule has 10 nitrogen and oxygen atoms in total. The molecule has 12 heteroatoms. The van der Waals surface area contributed by atoms with Crippen LogP contribution in [0.5, 0.6) is 5.75 Å². The number of benzene rings is 2. The number of nitro benzene ring substituents is 1. The lowest BCUT2D eigenvalue weighted by atomic mass is 10.2. The minimum Gasteiger partial charge on any atom is -0.495 e. The number of nitro groups is 1. The average Bonchev–Trinajstić information content (AvgIpc) is 3.11. The molecule has 1 aliphatic rings. The molecule has 1 aliphatic heterocycles. The number of methoxy groups -OCH3 is 1. The topological polar surface area (TPSA) is 136 Å². The van der Waals surface area contributed by atoms with Crippen molar-refractivity contribution in [1.29, 1.82) is 0 Å². The van der Waals surface area contributed by atoms with Gasteiger partial charge < -0.3 is 4.74 Å². The van der Waals surface area contributed by atoms with Gasteiger partial charge in [-0.2, -0.15) is 0 Å². The van der Waals surface area contributed by atoms with Gasteiger partial charge in [-0.05, 0) is 43.3 Å². The molecule has 0 atom stereocenters. The van der Waals surface area contributed by atoms with Gasteiger partial charge in [-0.1, -0.05) is 0 Å². The molecular weight excluding hydrogens is 410 g/mol. The Balaban J connectivity index is 2.10. The maximum Gasteiger partial charge on any atom is 0.271 e. The summed E-state index contributed by atoms with van der Waals surface area (Å²) in [5, 5.41) is 11.1. The third-order valence-electron chi connectivity index (χ3n) is 4.41. The Kier molecular flexibility index (Phi) is 5.04. The third-order valence-corrected chi connectivity index (χ3v) is 7.66. The summed E-state index contributed by atoms with van der Waals surface area (Å²) in [4.78, 5) is 10.1. The summed E-state index contributed by atoms with van der Waals surface area (Å²) in [6, 6.07) is 7.47. The zero-order valence-electron chi connectivity index (χ0n) is 14.9. The van der Waals surface area contributed by atoms with Crippen LogP contribution in [0.2, 0.25) is 0 Å². The van der Waals surface area contributed by atoms with Crippen LogP contribution in [0.1, 0.15) is 5.56 Å². The Labute approximate surface area is 162 Å². The highest BCUT2D eigenvalue weighted by Crippen LogP contribution is 2.37. The van der Waals surface area contributed by atoms with Crippen LogP contribution in [-0.4, -0.2) is 42.5 Å². The SMILES string of the molecule is CNS(=O)(=O)c1ccc2c(c1)CCN2S(=O)(=O)c1cc([N+](=O)[O-])ccc1OC. The Morgan fingerprint density at radius 1 is 1.14 bits per heavy atom. The molecule has 0 radical (unpaired) electrons. The summed E-state index contributed by atoms with van der Waals surface area (Å²) >= 11 is 0. The largest absolute Gasteiger partial charge is 0.495 e. The van der Waals surface area contributed by atoms with Crippen LogP contribution in [0, 0.1) is 10.1 Å². The Morgan fingerprint density at radius 2 is 1.86 bits per heavy atom. The average molecular weight is 427 g/mol. The van der Waals surface area contributed by atoms with E-state index in [0.29, 0.717) is 17.7 Å². The molecule has 0 unspecified atom stereocenters. The predicted molar refractivity (Wildman–Crippen MR) is 101 cm³/mol. The zero-order valence-corrected chi connectivity index (χ0v) is 16.6. The molecule has 28 heavy (non-hydrogen) atoms. The fraction of sp³-hybridized carbons (Fsp3) is 0.250. The van der Waals surface area contributed by atoms with Crippen LogP contribution in [0.15, 0.2) is 46.2 Å². The van der Waals surface area contributed by atoms with Crippen molar-refractivity contribution in [2.75, 3.05) is 25.0 Å². The summed E-state index contributed by atoms with van der Waals surface area (Å²) in [5.74, 6) is -0.0200. The fourth-order valence-corrected chi connectivity index (χ4v) is 5.44. The number of fused-ring (bicyclic) bond motifs is 1. The lowest BCUT2D eigenvalue weighted by molar-refractivity contribution is -0.385. The van der Waals surface area contributed by atoms with Gasteiger partial charge in [-0.25, -0.2) is 21.6 Å². The highest BCUT2D eigenvalue weighted by Gasteiger charge is 2.34. The molecule has 0 bridgehead atoms. The minimum absolute atomic E-state index is 0.0200. The first-order valence-electron chi connectivity index (χ1n) is 8.03. The van der Waals surface area contributed by atoms with Crippen LogP contribution < -0.4 is 13.8 Å². The van der Waals surface area contributed by atoms with E-state index in [4.69, 9.17) is 4.74 Å². The zero-order chi connectivity index (χ0) is 20.7. The van der Waals surface area contributed by atoms with Gasteiger partial charge in [-0.15, -0.1) is 0 Å². The standard InChI is InChI=1S/C16H17N3O7S2/c1-17-27(22,23)13-4-5-14-11(9-13)7-8-18(14)28(24,25)16-10-12(19(20)21)3-6-15(16)26-2/h3-6,9-10,17H,7-8H2,1-2H3. The van der Waals surface area contributed by atoms with E-state index in [1.54, 1.807) is 0 Å². The number of hydrogen-bond donors (Lipinski definition) is 1. The summed E-state index contributed by atoms with van der Waals surface area (Å²) in [6.45, 7) is 0.0760. The molecule has 1 N–H and O–H groups in total. The van der Waals surface area contributed by atoms with Gasteiger partial charge in [0.15, 0.2) is 0 Å². The quantitative estimate of drug-likeness (QED) is 0.541. The summed E-state index contributed by atoms with van der Waals surface area (Å²) in [5.41, 5.74) is 0.488. The maximum absolute atomic E-state index is 13.2. The monoisotopic (exact) mass is 427 g/mol. The number of nitrogens with zero attached hydrogens (tertiary/aromatic N) is 2. The maximum atomic E-state index is 13.2. The number of non-ortho nitro benzene ring substituents is 1. The van der Waals surface area contributed by atoms with Gasteiger partial charge in [0.05, 0.1) is 22.6 Å². The van der Waals surface area contributed by atoms with E-state index in [-0.39, 0.29) is 27.8 Å². The summed E-state index contributed by atoms with van der Waals surface area (Å²) in [6.07, 6.45) is 0.304. The molecule has 0 aliphatic carbocycles. The van der Waals surface area contributed by atoms with Gasteiger partial charge in [0, 0.05) is 18.7 Å². The Hall–Kier alpha value is -2.70. The molecule has 2 aromatic rings. The smallest absolute Gasteiger partial charge is 0.271 e. The van der Waals surface area contributed by atoms with Crippen molar-refractivity contribution in [1.82, 2.24) is 4.72 Å². The molecule has 0 spiro atoms. The van der Waals surface area contributed by atoms with E-state index >= 15 is 0 Å². The Bertz CT molecular complexity index is 1160. The van der Waals surface area contributed by atoms with E-state index in [1.165, 1.54) is 38.4 Å². The van der Waals surface area contributed by atoms with E-state index in [1.807, 2.05) is 0 Å². The van der Waals surface area contributed by atoms with Crippen LogP contribution >= 0.6 is 0 Å². The molecular formula is C16H17N3O7S2. The van der Waals surface area contributed by atoms with Gasteiger partial charge >= 0.3 is 0 Å². The summed E-state index contributed by atoms with van der Waals surface area (Å²) in [7, 11) is -5.27. The number of sulfonamides is 2. The van der Waals surface area contributed by atoms with Crippen molar-refractivity contribution in [2.45, 2.75) is 16.2 Å². The summed E-state index contributed by atoms with van der Waals surface area (Å²) < 4.78 is 58.7. The lowest BCUT2D eigenvalue weighted by Gasteiger charge is -2.21. The molecule has 2 aromatic carbocycles. The Morgan fingerprint density at radius 3 is 2.46 bits per heavy atom. The molecule has 0 saturated carbocycles. The van der Waals surface area contributed by atoms with Crippen LogP contribution in [0.3, 0.4) is 0 Å². The molecule has 0 aromatic heterocycles. The van der Waals surface area contributed by atoms with Crippen molar-refractivity contribution < 1.29 is 26.5 Å². The first kappa shape index (κ1) is 20.0. The number of anilines is 1. The molecule has 0 fully saturated rings.